The summed E-state index contributed by atoms with van der Waals surface area (Å²) >= 11 is 7.16. The molecule has 0 fully saturated rings. The molecule has 0 aliphatic carbocycles. The van der Waals surface area contributed by atoms with E-state index in [9.17, 15) is 0 Å². The zero-order chi connectivity index (χ0) is 21.5. The molecule has 1 aromatic carbocycles. The molecule has 1 heteroatoms. The number of hydrogen-bond acceptors (Lipinski definition) is 0. The van der Waals surface area contributed by atoms with E-state index in [4.69, 9.17) is 11.6 Å². The molecule has 0 heterocycles. The van der Waals surface area contributed by atoms with Gasteiger partial charge in [0.15, 0.2) is 0 Å². The summed E-state index contributed by atoms with van der Waals surface area (Å²) < 4.78 is 0. The van der Waals surface area contributed by atoms with E-state index in [0.717, 1.165) is 12.8 Å². The zero-order valence-corrected chi connectivity index (χ0v) is 21.1. The van der Waals surface area contributed by atoms with Crippen LogP contribution < -0.4 is 0 Å². The molecule has 0 saturated heterocycles. The molecule has 0 aliphatic heterocycles. The van der Waals surface area contributed by atoms with Gasteiger partial charge < -0.3 is 0 Å². The predicted molar refractivity (Wildman–Crippen MR) is 133 cm³/mol. The van der Waals surface area contributed by atoms with Crippen molar-refractivity contribution < 1.29 is 0 Å². The van der Waals surface area contributed by atoms with Crippen LogP contribution in [0.25, 0.3) is 0 Å². The van der Waals surface area contributed by atoms with Crippen LogP contribution >= 0.6 is 11.6 Å². The molecule has 0 amide bonds. The fourth-order valence-corrected chi connectivity index (χ4v) is 4.70. The first kappa shape index (κ1) is 26.5. The van der Waals surface area contributed by atoms with Gasteiger partial charge in [-0.15, -0.1) is 11.6 Å². The van der Waals surface area contributed by atoms with Crippen molar-refractivity contribution >= 4 is 11.6 Å². The molecule has 0 radical (unpaired) electrons. The Morgan fingerprint density at radius 2 is 1.07 bits per heavy atom. The molecule has 0 saturated carbocycles. The van der Waals surface area contributed by atoms with Crippen molar-refractivity contribution in [2.75, 3.05) is 0 Å². The molecule has 0 spiro atoms. The summed E-state index contributed by atoms with van der Waals surface area (Å²) in [6.07, 6.45) is 20.7. The molecule has 0 bridgehead atoms. The monoisotopic (exact) mass is 420 g/mol. The lowest BCUT2D eigenvalue weighted by molar-refractivity contribution is 0.553. The molecule has 168 valence electrons. The Hall–Kier alpha value is -0.490. The second-order valence-electron chi connectivity index (χ2n) is 9.14. The highest BCUT2D eigenvalue weighted by atomic mass is 35.5. The van der Waals surface area contributed by atoms with E-state index in [1.807, 2.05) is 0 Å². The molecular weight excluding hydrogens is 372 g/mol. The van der Waals surface area contributed by atoms with Gasteiger partial charge in [0.1, 0.15) is 0 Å². The minimum atomic E-state index is -0.193. The van der Waals surface area contributed by atoms with E-state index >= 15 is 0 Å². The molecule has 0 unspecified atom stereocenters. The highest BCUT2D eigenvalue weighted by Gasteiger charge is 2.28. The average molecular weight is 421 g/mol. The van der Waals surface area contributed by atoms with Crippen LogP contribution in [-0.4, -0.2) is 0 Å². The first-order valence-electron chi connectivity index (χ1n) is 12.8. The molecule has 0 N–H and O–H groups in total. The Labute approximate surface area is 188 Å². The highest BCUT2D eigenvalue weighted by Crippen LogP contribution is 2.40. The Morgan fingerprint density at radius 3 is 1.55 bits per heavy atom. The van der Waals surface area contributed by atoms with Gasteiger partial charge in [-0.05, 0) is 67.7 Å². The summed E-state index contributed by atoms with van der Waals surface area (Å²) in [5.41, 5.74) is 5.97. The molecule has 1 rings (SSSR count). The summed E-state index contributed by atoms with van der Waals surface area (Å²) in [6.45, 7) is 11.4. The number of unbranched alkanes of at least 4 members (excludes halogenated alkanes) is 10. The van der Waals surface area contributed by atoms with Gasteiger partial charge in [0.25, 0.3) is 0 Å². The van der Waals surface area contributed by atoms with Crippen LogP contribution in [0.3, 0.4) is 0 Å². The number of halogens is 1. The van der Waals surface area contributed by atoms with E-state index in [0.29, 0.717) is 0 Å². The number of aryl methyl sites for hydroxylation is 3. The standard InChI is InChI=1S/C28H49Cl/c1-6-10-12-14-16-18-20-25-23-27(28(29,8-3)9-4)26(22-24(25)5)21-19-17-15-13-11-7-2/h22-23H,6-21H2,1-5H3. The Bertz CT molecular complexity index is 541. The van der Waals surface area contributed by atoms with Crippen LogP contribution in [0.2, 0.25) is 0 Å². The van der Waals surface area contributed by atoms with Gasteiger partial charge in [-0.3, -0.25) is 0 Å². The van der Waals surface area contributed by atoms with E-state index in [-0.39, 0.29) is 4.87 Å². The van der Waals surface area contributed by atoms with Gasteiger partial charge >= 0.3 is 0 Å². The summed E-state index contributed by atoms with van der Waals surface area (Å²) in [7, 11) is 0. The van der Waals surface area contributed by atoms with Crippen molar-refractivity contribution in [2.24, 2.45) is 0 Å². The van der Waals surface area contributed by atoms with Crippen LogP contribution in [-0.2, 0) is 17.7 Å². The maximum Gasteiger partial charge on any atom is 0.0692 e. The molecule has 0 nitrogen and oxygen atoms in total. The maximum absolute atomic E-state index is 7.16. The summed E-state index contributed by atoms with van der Waals surface area (Å²) in [6, 6.07) is 4.98. The van der Waals surface area contributed by atoms with Crippen LogP contribution in [0.5, 0.6) is 0 Å². The van der Waals surface area contributed by atoms with E-state index in [1.54, 1.807) is 0 Å². The summed E-state index contributed by atoms with van der Waals surface area (Å²) in [4.78, 5) is -0.193. The Kier molecular flexibility index (Phi) is 14.0. The summed E-state index contributed by atoms with van der Waals surface area (Å²) in [5, 5.41) is 0. The van der Waals surface area contributed by atoms with Crippen molar-refractivity contribution in [3.05, 3.63) is 34.4 Å². The van der Waals surface area contributed by atoms with Gasteiger partial charge in [-0.2, -0.15) is 0 Å². The normalized spacial score (nSPS) is 11.9. The molecule has 0 atom stereocenters. The second kappa shape index (κ2) is 15.3. The van der Waals surface area contributed by atoms with E-state index < -0.39 is 0 Å². The van der Waals surface area contributed by atoms with Gasteiger partial charge in [-0.25, -0.2) is 0 Å². The lowest BCUT2D eigenvalue weighted by atomic mass is 9.84. The van der Waals surface area contributed by atoms with E-state index in [2.05, 4.69) is 46.8 Å². The smallest absolute Gasteiger partial charge is 0.0692 e. The van der Waals surface area contributed by atoms with Gasteiger partial charge in [0, 0.05) is 0 Å². The maximum atomic E-state index is 7.16. The van der Waals surface area contributed by atoms with E-state index in [1.165, 1.54) is 112 Å². The SMILES string of the molecule is CCCCCCCCc1cc(C(Cl)(CC)CC)c(CCCCCCCC)cc1C. The molecular formula is C28H49Cl. The third-order valence-electron chi connectivity index (χ3n) is 6.76. The number of alkyl halides is 1. The van der Waals surface area contributed by atoms with Gasteiger partial charge in [-0.1, -0.05) is 104 Å². The van der Waals surface area contributed by atoms with Crippen molar-refractivity contribution in [1.82, 2.24) is 0 Å². The third-order valence-corrected chi connectivity index (χ3v) is 7.50. The quantitative estimate of drug-likeness (QED) is 0.173. The topological polar surface area (TPSA) is 0 Å². The zero-order valence-electron chi connectivity index (χ0n) is 20.3. The fourth-order valence-electron chi connectivity index (χ4n) is 4.53. The molecule has 0 aromatic heterocycles. The largest absolute Gasteiger partial charge is 0.114 e. The lowest BCUT2D eigenvalue weighted by Crippen LogP contribution is -2.19. The first-order chi connectivity index (χ1) is 14.0. The first-order valence-corrected chi connectivity index (χ1v) is 13.2. The highest BCUT2D eigenvalue weighted by molar-refractivity contribution is 6.24. The minimum Gasteiger partial charge on any atom is -0.114 e. The average Bonchev–Trinajstić information content (AvgIpc) is 2.73. The van der Waals surface area contributed by atoms with Crippen molar-refractivity contribution in [1.29, 1.82) is 0 Å². The van der Waals surface area contributed by atoms with Crippen molar-refractivity contribution in [2.45, 2.75) is 142 Å². The lowest BCUT2D eigenvalue weighted by Gasteiger charge is -2.29. The van der Waals surface area contributed by atoms with Crippen LogP contribution in [0.1, 0.15) is 140 Å². The van der Waals surface area contributed by atoms with Crippen LogP contribution in [0, 0.1) is 6.92 Å². The molecule has 1 aromatic rings. The number of hydrogen-bond donors (Lipinski definition) is 0. The Balaban J connectivity index is 2.82. The van der Waals surface area contributed by atoms with Crippen LogP contribution in [0.15, 0.2) is 12.1 Å². The van der Waals surface area contributed by atoms with Gasteiger partial charge in [0.05, 0.1) is 4.87 Å². The Morgan fingerprint density at radius 1 is 0.621 bits per heavy atom. The second-order valence-corrected chi connectivity index (χ2v) is 9.87. The van der Waals surface area contributed by atoms with Gasteiger partial charge in [0.2, 0.25) is 0 Å². The number of rotatable bonds is 17. The number of benzene rings is 1. The molecule has 0 aliphatic rings. The third kappa shape index (κ3) is 9.46. The van der Waals surface area contributed by atoms with Crippen molar-refractivity contribution in [3.8, 4) is 0 Å². The predicted octanol–water partition coefficient (Wildman–Crippen LogP) is 10.1. The van der Waals surface area contributed by atoms with Crippen molar-refractivity contribution in [3.63, 3.8) is 0 Å². The minimum absolute atomic E-state index is 0.193. The summed E-state index contributed by atoms with van der Waals surface area (Å²) in [5.74, 6) is 0. The van der Waals surface area contributed by atoms with Crippen LogP contribution in [0.4, 0.5) is 0 Å². The fraction of sp³-hybridized carbons (Fsp3) is 0.786. The molecule has 29 heavy (non-hydrogen) atoms.